The van der Waals surface area contributed by atoms with Crippen molar-refractivity contribution in [2.45, 2.75) is 43.5 Å². The molecule has 2 atom stereocenters. The van der Waals surface area contributed by atoms with Gasteiger partial charge in [0.2, 0.25) is 0 Å². The Labute approximate surface area is 84.8 Å². The number of ether oxygens (including phenoxy) is 1. The van der Waals surface area contributed by atoms with Crippen molar-refractivity contribution in [3.05, 3.63) is 0 Å². The molecule has 2 nitrogen and oxygen atoms in total. The standard InChI is InChI=1S/C10H19NOS/c1-8-10(4-7-13-8)11-9-2-5-12-6-3-9/h8-11H,2-7H2,1H3. The number of hydrogen-bond acceptors (Lipinski definition) is 3. The van der Waals surface area contributed by atoms with Crippen molar-refractivity contribution in [3.63, 3.8) is 0 Å². The molecule has 0 amide bonds. The minimum atomic E-state index is 0.722. The predicted molar refractivity (Wildman–Crippen MR) is 57.3 cm³/mol. The van der Waals surface area contributed by atoms with Crippen LogP contribution in [0.25, 0.3) is 0 Å². The third-order valence-corrected chi connectivity index (χ3v) is 4.37. The van der Waals surface area contributed by atoms with Crippen molar-refractivity contribution >= 4 is 11.8 Å². The van der Waals surface area contributed by atoms with Gasteiger partial charge >= 0.3 is 0 Å². The van der Waals surface area contributed by atoms with Crippen molar-refractivity contribution < 1.29 is 4.74 Å². The molecule has 76 valence electrons. The average Bonchev–Trinajstić information content (AvgIpc) is 2.54. The summed E-state index contributed by atoms with van der Waals surface area (Å²) in [6.07, 6.45) is 3.75. The zero-order valence-electron chi connectivity index (χ0n) is 8.29. The molecule has 2 fully saturated rings. The third kappa shape index (κ3) is 2.61. The minimum Gasteiger partial charge on any atom is -0.381 e. The molecule has 13 heavy (non-hydrogen) atoms. The summed E-state index contributed by atoms with van der Waals surface area (Å²) < 4.78 is 5.35. The van der Waals surface area contributed by atoms with E-state index >= 15 is 0 Å². The lowest BCUT2D eigenvalue weighted by molar-refractivity contribution is 0.0750. The van der Waals surface area contributed by atoms with E-state index in [4.69, 9.17) is 4.74 Å². The molecule has 2 unspecified atom stereocenters. The summed E-state index contributed by atoms with van der Waals surface area (Å²) in [6.45, 7) is 4.24. The maximum Gasteiger partial charge on any atom is 0.0480 e. The Kier molecular flexibility index (Phi) is 3.52. The van der Waals surface area contributed by atoms with Crippen LogP contribution in [0.3, 0.4) is 0 Å². The molecule has 3 heteroatoms. The Hall–Kier alpha value is 0.270. The lowest BCUT2D eigenvalue weighted by atomic mass is 10.1. The first-order valence-electron chi connectivity index (χ1n) is 5.31. The number of nitrogens with one attached hydrogen (secondary N) is 1. The molecule has 0 aromatic rings. The van der Waals surface area contributed by atoms with Crippen LogP contribution < -0.4 is 5.32 Å². The quantitative estimate of drug-likeness (QED) is 0.734. The van der Waals surface area contributed by atoms with E-state index < -0.39 is 0 Å². The molecule has 2 heterocycles. The predicted octanol–water partition coefficient (Wildman–Crippen LogP) is 1.65. The van der Waals surface area contributed by atoms with Gasteiger partial charge in [-0.1, -0.05) is 6.92 Å². The molecule has 2 aliphatic heterocycles. The molecule has 0 saturated carbocycles. The molecule has 2 rings (SSSR count). The van der Waals surface area contributed by atoms with Gasteiger partial charge in [-0.2, -0.15) is 11.8 Å². The summed E-state index contributed by atoms with van der Waals surface area (Å²) in [7, 11) is 0. The second-order valence-electron chi connectivity index (χ2n) is 4.02. The number of rotatable bonds is 2. The van der Waals surface area contributed by atoms with E-state index in [-0.39, 0.29) is 0 Å². The molecule has 0 radical (unpaired) electrons. The van der Waals surface area contributed by atoms with E-state index in [1.54, 1.807) is 0 Å². The van der Waals surface area contributed by atoms with E-state index in [0.717, 1.165) is 30.5 Å². The van der Waals surface area contributed by atoms with Gasteiger partial charge in [-0.25, -0.2) is 0 Å². The van der Waals surface area contributed by atoms with Gasteiger partial charge in [0.1, 0.15) is 0 Å². The lowest BCUT2D eigenvalue weighted by Crippen LogP contribution is -2.43. The van der Waals surface area contributed by atoms with E-state index in [1.807, 2.05) is 0 Å². The SMILES string of the molecule is CC1SCCC1NC1CCOCC1. The summed E-state index contributed by atoms with van der Waals surface area (Å²) in [5.74, 6) is 1.34. The first-order valence-corrected chi connectivity index (χ1v) is 6.36. The van der Waals surface area contributed by atoms with Crippen LogP contribution in [-0.2, 0) is 4.74 Å². The summed E-state index contributed by atoms with van der Waals surface area (Å²) >= 11 is 2.10. The fraction of sp³-hybridized carbons (Fsp3) is 1.00. The van der Waals surface area contributed by atoms with Gasteiger partial charge in [0.15, 0.2) is 0 Å². The smallest absolute Gasteiger partial charge is 0.0480 e. The van der Waals surface area contributed by atoms with Crippen molar-refractivity contribution in [2.75, 3.05) is 19.0 Å². The third-order valence-electron chi connectivity index (χ3n) is 3.05. The first-order chi connectivity index (χ1) is 6.36. The second-order valence-corrected chi connectivity index (χ2v) is 5.51. The van der Waals surface area contributed by atoms with Crippen LogP contribution in [-0.4, -0.2) is 36.3 Å². The highest BCUT2D eigenvalue weighted by atomic mass is 32.2. The normalized spacial score (nSPS) is 36.7. The molecule has 0 aromatic carbocycles. The highest BCUT2D eigenvalue weighted by Gasteiger charge is 2.26. The Balaban J connectivity index is 1.75. The van der Waals surface area contributed by atoms with Crippen LogP contribution in [0.4, 0.5) is 0 Å². The van der Waals surface area contributed by atoms with Crippen LogP contribution in [0.15, 0.2) is 0 Å². The number of hydrogen-bond donors (Lipinski definition) is 1. The second kappa shape index (κ2) is 4.67. The van der Waals surface area contributed by atoms with Gasteiger partial charge in [0.05, 0.1) is 0 Å². The zero-order valence-corrected chi connectivity index (χ0v) is 9.11. The molecular weight excluding hydrogens is 182 g/mol. The van der Waals surface area contributed by atoms with Crippen molar-refractivity contribution in [3.8, 4) is 0 Å². The monoisotopic (exact) mass is 201 g/mol. The molecule has 0 bridgehead atoms. The maximum atomic E-state index is 5.35. The Bertz CT molecular complexity index is 159. The Morgan fingerprint density at radius 2 is 2.00 bits per heavy atom. The average molecular weight is 201 g/mol. The maximum absolute atomic E-state index is 5.35. The number of thioether (sulfide) groups is 1. The Morgan fingerprint density at radius 1 is 1.23 bits per heavy atom. The topological polar surface area (TPSA) is 21.3 Å². The summed E-state index contributed by atoms with van der Waals surface area (Å²) in [5, 5.41) is 4.57. The fourth-order valence-corrected chi connectivity index (χ4v) is 3.33. The van der Waals surface area contributed by atoms with E-state index in [0.29, 0.717) is 0 Å². The van der Waals surface area contributed by atoms with Gasteiger partial charge < -0.3 is 10.1 Å². The van der Waals surface area contributed by atoms with E-state index in [1.165, 1.54) is 25.0 Å². The molecule has 2 saturated heterocycles. The van der Waals surface area contributed by atoms with Crippen LogP contribution in [0.2, 0.25) is 0 Å². The molecule has 1 N–H and O–H groups in total. The molecule has 2 aliphatic rings. The van der Waals surface area contributed by atoms with Gasteiger partial charge in [0.25, 0.3) is 0 Å². The summed E-state index contributed by atoms with van der Waals surface area (Å²) in [4.78, 5) is 0. The lowest BCUT2D eigenvalue weighted by Gasteiger charge is -2.28. The highest BCUT2D eigenvalue weighted by Crippen LogP contribution is 2.27. The zero-order chi connectivity index (χ0) is 9.10. The minimum absolute atomic E-state index is 0.722. The Morgan fingerprint density at radius 3 is 2.62 bits per heavy atom. The summed E-state index contributed by atoms with van der Waals surface area (Å²) in [6, 6.07) is 1.48. The molecule has 0 spiro atoms. The van der Waals surface area contributed by atoms with Crippen LogP contribution in [0.1, 0.15) is 26.2 Å². The largest absolute Gasteiger partial charge is 0.381 e. The first kappa shape index (κ1) is 9.81. The molecule has 0 aromatic heterocycles. The van der Waals surface area contributed by atoms with Crippen LogP contribution in [0.5, 0.6) is 0 Å². The van der Waals surface area contributed by atoms with Gasteiger partial charge in [-0.05, 0) is 25.0 Å². The van der Waals surface area contributed by atoms with Crippen molar-refractivity contribution in [2.24, 2.45) is 0 Å². The van der Waals surface area contributed by atoms with Crippen LogP contribution in [0, 0.1) is 0 Å². The van der Waals surface area contributed by atoms with Gasteiger partial charge in [0, 0.05) is 30.5 Å². The van der Waals surface area contributed by atoms with Gasteiger partial charge in [-0.3, -0.25) is 0 Å². The van der Waals surface area contributed by atoms with Crippen molar-refractivity contribution in [1.82, 2.24) is 5.32 Å². The highest BCUT2D eigenvalue weighted by molar-refractivity contribution is 8.00. The fourth-order valence-electron chi connectivity index (χ4n) is 2.12. The van der Waals surface area contributed by atoms with E-state index in [9.17, 15) is 0 Å². The molecular formula is C10H19NOS. The molecule has 0 aliphatic carbocycles. The van der Waals surface area contributed by atoms with E-state index in [2.05, 4.69) is 24.0 Å². The summed E-state index contributed by atoms with van der Waals surface area (Å²) in [5.41, 5.74) is 0. The van der Waals surface area contributed by atoms with Crippen molar-refractivity contribution in [1.29, 1.82) is 0 Å². The van der Waals surface area contributed by atoms with Crippen LogP contribution >= 0.6 is 11.8 Å². The van der Waals surface area contributed by atoms with Gasteiger partial charge in [-0.15, -0.1) is 0 Å².